The summed E-state index contributed by atoms with van der Waals surface area (Å²) >= 11 is 0.770. The molecular weight excluding hydrogens is 355 g/mol. The Morgan fingerprint density at radius 2 is 1.92 bits per heavy atom. The lowest BCUT2D eigenvalue weighted by Gasteiger charge is -2.26. The van der Waals surface area contributed by atoms with Crippen LogP contribution in [0.3, 0.4) is 0 Å². The molecule has 5 nitrogen and oxygen atoms in total. The Balaban J connectivity index is 2.11. The molecule has 0 saturated carbocycles. The number of halogens is 3. The van der Waals surface area contributed by atoms with Gasteiger partial charge in [-0.2, -0.15) is 18.3 Å². The second-order valence-electron chi connectivity index (χ2n) is 5.49. The molecule has 0 spiro atoms. The van der Waals surface area contributed by atoms with Crippen LogP contribution < -0.4 is 0 Å². The minimum absolute atomic E-state index is 0.0903. The fourth-order valence-electron chi connectivity index (χ4n) is 2.18. The summed E-state index contributed by atoms with van der Waals surface area (Å²) in [5.74, 6) is -0.563. The molecule has 0 radical (unpaired) electrons. The number of benzene rings is 1. The highest BCUT2D eigenvalue weighted by Crippen LogP contribution is 2.46. The highest BCUT2D eigenvalue weighted by Gasteiger charge is 2.60. The smallest absolute Gasteiger partial charge is 0.431 e. The summed E-state index contributed by atoms with van der Waals surface area (Å²) in [5.41, 5.74) is -2.95. The number of hydrogen-bond acceptors (Lipinski definition) is 6. The second kappa shape index (κ2) is 6.16. The van der Waals surface area contributed by atoms with Crippen molar-refractivity contribution in [2.75, 3.05) is 14.1 Å². The molecule has 9 heteroatoms. The van der Waals surface area contributed by atoms with Gasteiger partial charge in [0.2, 0.25) is 0 Å². The van der Waals surface area contributed by atoms with Crippen molar-refractivity contribution >= 4 is 27.8 Å². The van der Waals surface area contributed by atoms with E-state index in [0.29, 0.717) is 10.2 Å². The fourth-order valence-corrected chi connectivity index (χ4v) is 3.26. The first kappa shape index (κ1) is 17.4. The molecule has 0 aliphatic heterocycles. The molecule has 25 heavy (non-hydrogen) atoms. The van der Waals surface area contributed by atoms with E-state index in [4.69, 9.17) is 4.42 Å². The highest BCUT2D eigenvalue weighted by atomic mass is 32.1. The first-order chi connectivity index (χ1) is 11.7. The maximum Gasteiger partial charge on any atom is 0.431 e. The molecule has 1 N–H and O–H groups in total. The number of hydrazone groups is 1. The van der Waals surface area contributed by atoms with Crippen LogP contribution in [0.1, 0.15) is 16.5 Å². The first-order valence-electron chi connectivity index (χ1n) is 7.18. The van der Waals surface area contributed by atoms with Crippen LogP contribution in [0.5, 0.6) is 0 Å². The van der Waals surface area contributed by atoms with E-state index in [1.54, 1.807) is 38.4 Å². The number of alkyl halides is 3. The molecule has 2 aromatic heterocycles. The van der Waals surface area contributed by atoms with Gasteiger partial charge < -0.3 is 14.5 Å². The van der Waals surface area contributed by atoms with Crippen molar-refractivity contribution in [3.8, 4) is 0 Å². The zero-order chi connectivity index (χ0) is 18.2. The van der Waals surface area contributed by atoms with E-state index in [1.807, 2.05) is 0 Å². The van der Waals surface area contributed by atoms with Gasteiger partial charge in [-0.3, -0.25) is 0 Å². The summed E-state index contributed by atoms with van der Waals surface area (Å²) in [7, 11) is 3.32. The van der Waals surface area contributed by atoms with Crippen molar-refractivity contribution in [3.05, 3.63) is 52.9 Å². The Morgan fingerprint density at radius 1 is 1.20 bits per heavy atom. The topological polar surface area (TPSA) is 61.9 Å². The molecule has 0 amide bonds. The lowest BCUT2D eigenvalue weighted by molar-refractivity contribution is -0.254. The predicted octanol–water partition coefficient (Wildman–Crippen LogP) is 3.58. The minimum Gasteiger partial charge on any atom is -0.456 e. The zero-order valence-electron chi connectivity index (χ0n) is 13.3. The lowest BCUT2D eigenvalue weighted by Crippen LogP contribution is -2.43. The van der Waals surface area contributed by atoms with Gasteiger partial charge in [-0.25, -0.2) is 4.98 Å². The fraction of sp³-hybridized carbons (Fsp3) is 0.250. The summed E-state index contributed by atoms with van der Waals surface area (Å²) in [6, 6.07) is 8.98. The van der Waals surface area contributed by atoms with Crippen LogP contribution in [0.25, 0.3) is 10.2 Å². The average Bonchev–Trinajstić information content (AvgIpc) is 3.18. The monoisotopic (exact) mass is 369 g/mol. The Labute approximate surface area is 145 Å². The van der Waals surface area contributed by atoms with Gasteiger partial charge in [-0.1, -0.05) is 12.1 Å². The summed E-state index contributed by atoms with van der Waals surface area (Å²) in [4.78, 5) is 3.96. The Kier molecular flexibility index (Phi) is 4.29. The van der Waals surface area contributed by atoms with Gasteiger partial charge in [0.25, 0.3) is 5.60 Å². The van der Waals surface area contributed by atoms with E-state index < -0.39 is 22.5 Å². The standard InChI is InChI=1S/C16H14F3N3O2S/c1-22(2)20-9-10-7-8-13(24-10)15(23,16(17,18)19)14-21-11-5-3-4-6-12(11)25-14/h3-9,23H,1-2H3/b20-9-/t15-/m1/s1. The zero-order valence-corrected chi connectivity index (χ0v) is 14.1. The van der Waals surface area contributed by atoms with E-state index in [2.05, 4.69) is 10.1 Å². The molecule has 1 aromatic carbocycles. The van der Waals surface area contributed by atoms with Crippen molar-refractivity contribution in [1.29, 1.82) is 0 Å². The van der Waals surface area contributed by atoms with Crippen LogP contribution in [0.15, 0.2) is 45.9 Å². The number of para-hydroxylation sites is 1. The van der Waals surface area contributed by atoms with Gasteiger partial charge in [0, 0.05) is 14.1 Å². The van der Waals surface area contributed by atoms with Gasteiger partial charge in [-0.05, 0) is 24.3 Å². The maximum absolute atomic E-state index is 13.7. The number of aliphatic hydroxyl groups is 1. The number of thiazole rings is 1. The number of nitrogens with zero attached hydrogens (tertiary/aromatic N) is 3. The molecule has 1 atom stereocenters. The van der Waals surface area contributed by atoms with E-state index in [1.165, 1.54) is 17.3 Å². The van der Waals surface area contributed by atoms with Gasteiger partial charge in [-0.15, -0.1) is 11.3 Å². The second-order valence-corrected chi connectivity index (χ2v) is 6.52. The van der Waals surface area contributed by atoms with Crippen molar-refractivity contribution in [2.24, 2.45) is 5.10 Å². The minimum atomic E-state index is -5.01. The maximum atomic E-state index is 13.7. The van der Waals surface area contributed by atoms with E-state index in [-0.39, 0.29) is 5.76 Å². The van der Waals surface area contributed by atoms with Crippen LogP contribution in [0.2, 0.25) is 0 Å². The van der Waals surface area contributed by atoms with Crippen molar-refractivity contribution in [2.45, 2.75) is 11.8 Å². The quantitative estimate of drug-likeness (QED) is 0.564. The SMILES string of the molecule is CN(C)/N=C\c1ccc([C@@](O)(c2nc3ccccc3s2)C(F)(F)F)o1. The molecule has 0 aliphatic carbocycles. The first-order valence-corrected chi connectivity index (χ1v) is 8.00. The molecule has 3 rings (SSSR count). The average molecular weight is 369 g/mol. The number of rotatable bonds is 4. The third kappa shape index (κ3) is 3.12. The third-order valence-corrected chi connectivity index (χ3v) is 4.56. The summed E-state index contributed by atoms with van der Waals surface area (Å²) < 4.78 is 47.0. The molecular formula is C16H14F3N3O2S. The van der Waals surface area contributed by atoms with Crippen molar-refractivity contribution < 1.29 is 22.7 Å². The normalized spacial score (nSPS) is 15.0. The Bertz CT molecular complexity index is 884. The van der Waals surface area contributed by atoms with Crippen LogP contribution in [0.4, 0.5) is 13.2 Å². The van der Waals surface area contributed by atoms with Gasteiger partial charge in [0.05, 0.1) is 16.4 Å². The summed E-state index contributed by atoms with van der Waals surface area (Å²) in [6.45, 7) is 0. The summed E-state index contributed by atoms with van der Waals surface area (Å²) in [6.07, 6.45) is -3.74. The van der Waals surface area contributed by atoms with Crippen LogP contribution in [-0.2, 0) is 5.60 Å². The van der Waals surface area contributed by atoms with E-state index in [9.17, 15) is 18.3 Å². The number of hydrogen-bond donors (Lipinski definition) is 1. The summed E-state index contributed by atoms with van der Waals surface area (Å²) in [5, 5.41) is 15.4. The molecule has 3 aromatic rings. The molecule has 0 saturated heterocycles. The van der Waals surface area contributed by atoms with Gasteiger partial charge in [0.15, 0.2) is 5.76 Å². The van der Waals surface area contributed by atoms with Crippen LogP contribution in [-0.4, -0.2) is 41.6 Å². The molecule has 0 unspecified atom stereocenters. The molecule has 0 aliphatic rings. The van der Waals surface area contributed by atoms with Crippen molar-refractivity contribution in [3.63, 3.8) is 0 Å². The molecule has 132 valence electrons. The molecule has 0 fully saturated rings. The Hall–Kier alpha value is -2.39. The highest BCUT2D eigenvalue weighted by molar-refractivity contribution is 7.18. The van der Waals surface area contributed by atoms with E-state index in [0.717, 1.165) is 17.4 Å². The molecule has 2 heterocycles. The molecule has 0 bridgehead atoms. The number of aromatic nitrogens is 1. The lowest BCUT2D eigenvalue weighted by atomic mass is 10.0. The Morgan fingerprint density at radius 3 is 2.56 bits per heavy atom. The third-order valence-electron chi connectivity index (χ3n) is 3.41. The van der Waals surface area contributed by atoms with Crippen LogP contribution in [0, 0.1) is 0 Å². The number of furan rings is 1. The predicted molar refractivity (Wildman–Crippen MR) is 88.7 cm³/mol. The van der Waals surface area contributed by atoms with E-state index >= 15 is 0 Å². The van der Waals surface area contributed by atoms with Gasteiger partial charge >= 0.3 is 6.18 Å². The van der Waals surface area contributed by atoms with Crippen molar-refractivity contribution in [1.82, 2.24) is 9.99 Å². The van der Waals surface area contributed by atoms with Gasteiger partial charge in [0.1, 0.15) is 10.8 Å². The number of fused-ring (bicyclic) bond motifs is 1. The van der Waals surface area contributed by atoms with Crippen LogP contribution >= 0.6 is 11.3 Å². The largest absolute Gasteiger partial charge is 0.456 e.